The topological polar surface area (TPSA) is 22.6 Å². The Bertz CT molecular complexity index is 2590. The second kappa shape index (κ2) is 13.8. The van der Waals surface area contributed by atoms with Gasteiger partial charge in [0.05, 0.1) is 5.59 Å². The van der Waals surface area contributed by atoms with E-state index in [1.807, 2.05) is 0 Å². The van der Waals surface area contributed by atoms with Crippen LogP contribution in [0.1, 0.15) is 84.6 Å². The number of hydrogen-bond acceptors (Lipinski definition) is 5. The lowest BCUT2D eigenvalue weighted by Crippen LogP contribution is -2.61. The standard InChI is InChI=1S/C52H53BN4S/c1-34-31-44-46-45(32-34)57(41-28-23-36(24-29-41)51(5,6)7)48-47(54-49(58-48)55(38-17-13-11-14-18-38)39-19-15-12-16-20-39)53(46)42-33-37(52(8,9)10)25-30-43(42)56(44)40-26-21-35(22-27-40)50(2,3)4/h11-33H,1-10H3. The highest BCUT2D eigenvalue weighted by atomic mass is 32.1. The molecule has 1 aromatic heterocycles. The second-order valence-electron chi connectivity index (χ2n) is 19.1. The van der Waals surface area contributed by atoms with Crippen LogP contribution in [0, 0.1) is 6.92 Å². The van der Waals surface area contributed by atoms with Crippen molar-refractivity contribution in [2.45, 2.75) is 85.5 Å². The molecule has 2 aliphatic heterocycles. The first-order valence-corrected chi connectivity index (χ1v) is 21.4. The molecule has 2 aliphatic rings. The van der Waals surface area contributed by atoms with E-state index in [-0.39, 0.29) is 23.0 Å². The Morgan fingerprint density at radius 2 is 0.983 bits per heavy atom. The molecule has 0 aliphatic carbocycles. The molecule has 7 aromatic rings. The molecule has 9 rings (SSSR count). The fraction of sp³-hybridized carbons (Fsp3) is 0.250. The first-order valence-electron chi connectivity index (χ1n) is 20.6. The van der Waals surface area contributed by atoms with Gasteiger partial charge in [-0.3, -0.25) is 4.90 Å². The Labute approximate surface area is 349 Å². The highest BCUT2D eigenvalue weighted by Gasteiger charge is 2.46. The number of para-hydroxylation sites is 2. The number of rotatable bonds is 5. The molecular weight excluding hydrogens is 723 g/mol. The predicted octanol–water partition coefficient (Wildman–Crippen LogP) is 12.9. The van der Waals surface area contributed by atoms with Gasteiger partial charge in [-0.1, -0.05) is 146 Å². The highest BCUT2D eigenvalue weighted by Crippen LogP contribution is 2.49. The number of nitrogens with zero attached hydrogens (tertiary/aromatic N) is 4. The molecule has 4 nitrogen and oxygen atoms in total. The fourth-order valence-electron chi connectivity index (χ4n) is 8.60. The summed E-state index contributed by atoms with van der Waals surface area (Å²) in [5, 5.41) is 2.10. The van der Waals surface area contributed by atoms with E-state index in [1.54, 1.807) is 11.3 Å². The zero-order valence-electron chi connectivity index (χ0n) is 35.6. The van der Waals surface area contributed by atoms with Crippen molar-refractivity contribution in [3.63, 3.8) is 0 Å². The number of thiazole rings is 1. The normalized spacial score (nSPS) is 13.6. The Morgan fingerprint density at radius 1 is 0.517 bits per heavy atom. The maximum absolute atomic E-state index is 5.80. The number of aryl methyl sites for hydroxylation is 1. The average Bonchev–Trinajstić information content (AvgIpc) is 3.61. The van der Waals surface area contributed by atoms with Gasteiger partial charge in [0.2, 0.25) is 0 Å². The van der Waals surface area contributed by atoms with Crippen LogP contribution in [-0.2, 0) is 16.2 Å². The smallest absolute Gasteiger partial charge is 0.276 e. The van der Waals surface area contributed by atoms with Gasteiger partial charge in [-0.2, -0.15) is 0 Å². The molecule has 0 saturated carbocycles. The van der Waals surface area contributed by atoms with Crippen LogP contribution in [0.25, 0.3) is 0 Å². The van der Waals surface area contributed by atoms with Crippen LogP contribution in [0.15, 0.2) is 140 Å². The number of anilines is 9. The van der Waals surface area contributed by atoms with Gasteiger partial charge in [0.25, 0.3) is 6.71 Å². The van der Waals surface area contributed by atoms with E-state index < -0.39 is 0 Å². The third-order valence-corrected chi connectivity index (χ3v) is 12.8. The summed E-state index contributed by atoms with van der Waals surface area (Å²) in [7, 11) is 0. The summed E-state index contributed by atoms with van der Waals surface area (Å²) in [4.78, 5) is 13.1. The van der Waals surface area contributed by atoms with Crippen molar-refractivity contribution in [2.24, 2.45) is 0 Å². The molecule has 6 heteroatoms. The van der Waals surface area contributed by atoms with E-state index in [9.17, 15) is 0 Å². The molecule has 3 heterocycles. The van der Waals surface area contributed by atoms with Gasteiger partial charge in [0.1, 0.15) is 5.00 Å². The van der Waals surface area contributed by atoms with Crippen molar-refractivity contribution < 1.29 is 0 Å². The second-order valence-corrected chi connectivity index (χ2v) is 20.1. The molecule has 0 radical (unpaired) electrons. The van der Waals surface area contributed by atoms with Gasteiger partial charge in [0.15, 0.2) is 5.13 Å². The third-order valence-electron chi connectivity index (χ3n) is 11.8. The van der Waals surface area contributed by atoms with Crippen LogP contribution in [0.5, 0.6) is 0 Å². The van der Waals surface area contributed by atoms with Crippen LogP contribution < -0.4 is 31.2 Å². The fourth-order valence-corrected chi connectivity index (χ4v) is 9.78. The van der Waals surface area contributed by atoms with Crippen LogP contribution in [0.4, 0.5) is 49.9 Å². The first kappa shape index (κ1) is 38.0. The minimum Gasteiger partial charge on any atom is -0.311 e. The summed E-state index contributed by atoms with van der Waals surface area (Å²) < 4.78 is 0. The van der Waals surface area contributed by atoms with E-state index in [1.165, 1.54) is 50.2 Å². The lowest BCUT2D eigenvalue weighted by molar-refractivity contribution is 0.590. The highest BCUT2D eigenvalue weighted by molar-refractivity contribution is 7.23. The molecule has 0 spiro atoms. The van der Waals surface area contributed by atoms with Gasteiger partial charge >= 0.3 is 0 Å². The Hall–Kier alpha value is -5.59. The van der Waals surface area contributed by atoms with Crippen LogP contribution in [0.2, 0.25) is 0 Å². The van der Waals surface area contributed by atoms with Crippen molar-refractivity contribution >= 4 is 84.5 Å². The third kappa shape index (κ3) is 6.52. The van der Waals surface area contributed by atoms with E-state index >= 15 is 0 Å². The van der Waals surface area contributed by atoms with E-state index in [4.69, 9.17) is 4.98 Å². The van der Waals surface area contributed by atoms with Gasteiger partial charge in [0, 0.05) is 39.8 Å². The largest absolute Gasteiger partial charge is 0.311 e. The average molecular weight is 777 g/mol. The minimum atomic E-state index is -0.0773. The van der Waals surface area contributed by atoms with Crippen molar-refractivity contribution in [3.8, 4) is 0 Å². The Morgan fingerprint density at radius 3 is 1.48 bits per heavy atom. The first-order chi connectivity index (χ1) is 27.6. The predicted molar refractivity (Wildman–Crippen MR) is 252 cm³/mol. The number of hydrogen-bond donors (Lipinski definition) is 0. The lowest BCUT2D eigenvalue weighted by atomic mass is 9.35. The minimum absolute atomic E-state index is 0.0341. The quantitative estimate of drug-likeness (QED) is 0.162. The molecule has 0 atom stereocenters. The maximum atomic E-state index is 5.80. The lowest BCUT2D eigenvalue weighted by Gasteiger charge is -2.43. The molecule has 0 amide bonds. The van der Waals surface area contributed by atoms with E-state index in [0.717, 1.165) is 38.5 Å². The Kier molecular flexibility index (Phi) is 9.01. The van der Waals surface area contributed by atoms with E-state index in [0.29, 0.717) is 0 Å². The summed E-state index contributed by atoms with van der Waals surface area (Å²) >= 11 is 1.78. The maximum Gasteiger partial charge on any atom is 0.276 e. The molecule has 0 bridgehead atoms. The van der Waals surface area contributed by atoms with Crippen LogP contribution >= 0.6 is 11.3 Å². The van der Waals surface area contributed by atoms with Gasteiger partial charge in [-0.15, -0.1) is 0 Å². The van der Waals surface area contributed by atoms with Gasteiger partial charge in [-0.05, 0) is 123 Å². The SMILES string of the molecule is Cc1cc2c3c(c1)N(c1ccc(C(C)(C)C)cc1)c1sc(N(c4ccccc4)c4ccccc4)nc1B3c1cc(C(C)(C)C)ccc1N2c1ccc(C(C)(C)C)cc1. The van der Waals surface area contributed by atoms with Crippen molar-refractivity contribution in [1.29, 1.82) is 0 Å². The number of benzene rings is 6. The number of fused-ring (bicyclic) bond motifs is 4. The zero-order chi connectivity index (χ0) is 40.7. The van der Waals surface area contributed by atoms with Crippen molar-refractivity contribution in [1.82, 2.24) is 4.98 Å². The molecular formula is C52H53BN4S. The van der Waals surface area contributed by atoms with Crippen molar-refractivity contribution in [2.75, 3.05) is 14.7 Å². The molecule has 0 fully saturated rings. The van der Waals surface area contributed by atoms with Gasteiger partial charge in [-0.25, -0.2) is 4.98 Å². The molecule has 6 aromatic carbocycles. The summed E-state index contributed by atoms with van der Waals surface area (Å²) in [5.74, 6) is 0. The summed E-state index contributed by atoms with van der Waals surface area (Å²) in [6.07, 6.45) is 0. The molecule has 0 unspecified atom stereocenters. The van der Waals surface area contributed by atoms with Crippen LogP contribution in [0.3, 0.4) is 0 Å². The van der Waals surface area contributed by atoms with Crippen molar-refractivity contribution in [3.05, 3.63) is 162 Å². The summed E-state index contributed by atoms with van der Waals surface area (Å²) in [6, 6.07) is 51.8. The number of aromatic nitrogens is 1. The van der Waals surface area contributed by atoms with Crippen LogP contribution in [-0.4, -0.2) is 11.7 Å². The molecule has 290 valence electrons. The van der Waals surface area contributed by atoms with E-state index in [2.05, 4.69) is 223 Å². The summed E-state index contributed by atoms with van der Waals surface area (Å²) in [5.41, 5.74) is 17.0. The summed E-state index contributed by atoms with van der Waals surface area (Å²) in [6.45, 7) is 22.8. The Balaban J connectivity index is 1.35. The van der Waals surface area contributed by atoms with Gasteiger partial charge < -0.3 is 9.80 Å². The molecule has 0 N–H and O–H groups in total. The molecule has 0 saturated heterocycles. The zero-order valence-corrected chi connectivity index (χ0v) is 36.4. The molecule has 58 heavy (non-hydrogen) atoms. The monoisotopic (exact) mass is 776 g/mol.